The van der Waals surface area contributed by atoms with Crippen LogP contribution in [-0.2, 0) is 14.3 Å². The van der Waals surface area contributed by atoms with E-state index in [2.05, 4.69) is 17.4 Å². The van der Waals surface area contributed by atoms with Gasteiger partial charge in [-0.05, 0) is 65.7 Å². The highest BCUT2D eigenvalue weighted by atomic mass is 16.5. The van der Waals surface area contributed by atoms with Gasteiger partial charge in [0.2, 0.25) is 5.91 Å². The molecule has 0 bridgehead atoms. The maximum absolute atomic E-state index is 13.1. The maximum Gasteiger partial charge on any atom is 0.407 e. The first-order valence-corrected chi connectivity index (χ1v) is 12.5. The van der Waals surface area contributed by atoms with Gasteiger partial charge in [-0.25, -0.2) is 4.79 Å². The molecule has 0 aromatic heterocycles. The van der Waals surface area contributed by atoms with Crippen LogP contribution >= 0.6 is 0 Å². The standard InChI is InChI=1S/C28H32N2O5/c1-30(15-17-12-18-14-19(18)13-17)27(33)25(10-11-26(31)32)29-28(34)35-16-24-22-8-4-2-6-20(22)21-7-3-5-9-23(21)24/h2-9,17-19,24-25H,10-16H2,1H3,(H,29,34)(H,31,32). The third-order valence-electron chi connectivity index (χ3n) is 7.83. The number of likely N-dealkylation sites (N-methyl/N-ethyl adjacent to an activating group) is 1. The van der Waals surface area contributed by atoms with Crippen molar-refractivity contribution in [1.29, 1.82) is 0 Å². The normalized spacial score (nSPS) is 22.5. The lowest BCUT2D eigenvalue weighted by Gasteiger charge is -2.27. The van der Waals surface area contributed by atoms with E-state index >= 15 is 0 Å². The van der Waals surface area contributed by atoms with Gasteiger partial charge in [-0.1, -0.05) is 48.5 Å². The van der Waals surface area contributed by atoms with Crippen LogP contribution < -0.4 is 5.32 Å². The molecule has 3 unspecified atom stereocenters. The molecule has 2 fully saturated rings. The third kappa shape index (κ3) is 5.04. The Morgan fingerprint density at radius 1 is 1.00 bits per heavy atom. The van der Waals surface area contributed by atoms with Crippen LogP contribution in [0.5, 0.6) is 0 Å². The van der Waals surface area contributed by atoms with Crippen molar-refractivity contribution in [3.05, 3.63) is 59.7 Å². The second-order valence-corrected chi connectivity index (χ2v) is 10.3. The monoisotopic (exact) mass is 476 g/mol. The average molecular weight is 477 g/mol. The van der Waals surface area contributed by atoms with E-state index in [1.807, 2.05) is 36.4 Å². The van der Waals surface area contributed by atoms with Crippen molar-refractivity contribution >= 4 is 18.0 Å². The molecule has 0 radical (unpaired) electrons. The number of aliphatic carboxylic acids is 1. The minimum Gasteiger partial charge on any atom is -0.481 e. The zero-order chi connectivity index (χ0) is 24.5. The first-order valence-electron chi connectivity index (χ1n) is 12.5. The van der Waals surface area contributed by atoms with Crippen LogP contribution in [0.1, 0.15) is 49.1 Å². The zero-order valence-corrected chi connectivity index (χ0v) is 20.0. The number of benzene rings is 2. The van der Waals surface area contributed by atoms with Crippen LogP contribution in [0.4, 0.5) is 4.79 Å². The van der Waals surface area contributed by atoms with Gasteiger partial charge in [-0.3, -0.25) is 9.59 Å². The molecule has 2 aromatic carbocycles. The zero-order valence-electron chi connectivity index (χ0n) is 20.0. The van der Waals surface area contributed by atoms with Crippen LogP contribution in [0.25, 0.3) is 11.1 Å². The van der Waals surface area contributed by atoms with Crippen molar-refractivity contribution in [3.8, 4) is 11.1 Å². The second-order valence-electron chi connectivity index (χ2n) is 10.3. The molecule has 2 amide bonds. The van der Waals surface area contributed by atoms with Crippen LogP contribution in [0.2, 0.25) is 0 Å². The van der Waals surface area contributed by atoms with Gasteiger partial charge in [0.25, 0.3) is 0 Å². The molecular formula is C28H32N2O5. The fourth-order valence-corrected chi connectivity index (χ4v) is 6.04. The summed E-state index contributed by atoms with van der Waals surface area (Å²) >= 11 is 0. The van der Waals surface area contributed by atoms with Gasteiger partial charge in [-0.15, -0.1) is 0 Å². The van der Waals surface area contributed by atoms with E-state index in [0.717, 1.165) is 46.9 Å². The first kappa shape index (κ1) is 23.4. The van der Waals surface area contributed by atoms with E-state index < -0.39 is 18.1 Å². The highest BCUT2D eigenvalue weighted by molar-refractivity contribution is 5.86. The van der Waals surface area contributed by atoms with Gasteiger partial charge in [0.15, 0.2) is 0 Å². The molecule has 7 nitrogen and oxygen atoms in total. The Labute approximate surface area is 205 Å². The molecule has 3 aliphatic carbocycles. The average Bonchev–Trinajstić information content (AvgIpc) is 3.33. The summed E-state index contributed by atoms with van der Waals surface area (Å²) in [6.07, 6.45) is 2.74. The minimum atomic E-state index is -1.00. The molecule has 2 saturated carbocycles. The largest absolute Gasteiger partial charge is 0.481 e. The Morgan fingerprint density at radius 3 is 2.20 bits per heavy atom. The lowest BCUT2D eigenvalue weighted by molar-refractivity contribution is -0.138. The number of hydrogen-bond acceptors (Lipinski definition) is 4. The van der Waals surface area contributed by atoms with Crippen LogP contribution in [0.15, 0.2) is 48.5 Å². The number of ether oxygens (including phenoxy) is 1. The van der Waals surface area contributed by atoms with E-state index in [1.165, 1.54) is 6.42 Å². The number of carboxylic acid groups (broad SMARTS) is 1. The van der Waals surface area contributed by atoms with Crippen LogP contribution in [0.3, 0.4) is 0 Å². The lowest BCUT2D eigenvalue weighted by atomic mass is 9.98. The molecule has 2 N–H and O–H groups in total. The molecule has 3 atom stereocenters. The molecule has 184 valence electrons. The molecule has 5 rings (SSSR count). The van der Waals surface area contributed by atoms with Crippen LogP contribution in [-0.4, -0.2) is 54.2 Å². The van der Waals surface area contributed by atoms with E-state index in [9.17, 15) is 14.4 Å². The number of carbonyl (C=O) groups is 3. The third-order valence-corrected chi connectivity index (χ3v) is 7.83. The number of hydrogen-bond donors (Lipinski definition) is 2. The molecule has 35 heavy (non-hydrogen) atoms. The minimum absolute atomic E-state index is 0.0264. The number of alkyl carbamates (subject to hydrolysis) is 1. The Morgan fingerprint density at radius 2 is 1.60 bits per heavy atom. The van der Waals surface area contributed by atoms with Gasteiger partial charge in [0.1, 0.15) is 12.6 Å². The van der Waals surface area contributed by atoms with Crippen molar-refractivity contribution < 1.29 is 24.2 Å². The van der Waals surface area contributed by atoms with Gasteiger partial charge in [0, 0.05) is 25.9 Å². The number of rotatable bonds is 9. The molecule has 7 heteroatoms. The first-order chi connectivity index (χ1) is 16.9. The topological polar surface area (TPSA) is 95.9 Å². The molecule has 3 aliphatic rings. The highest BCUT2D eigenvalue weighted by Crippen LogP contribution is 2.54. The van der Waals surface area contributed by atoms with Crippen molar-refractivity contribution in [2.24, 2.45) is 17.8 Å². The van der Waals surface area contributed by atoms with Crippen molar-refractivity contribution in [1.82, 2.24) is 10.2 Å². The van der Waals surface area contributed by atoms with Crippen LogP contribution in [0, 0.1) is 17.8 Å². The van der Waals surface area contributed by atoms with Gasteiger partial charge >= 0.3 is 12.1 Å². The molecule has 2 aromatic rings. The maximum atomic E-state index is 13.1. The number of carboxylic acids is 1. The summed E-state index contributed by atoms with van der Waals surface area (Å²) in [7, 11) is 1.74. The molecule has 0 spiro atoms. The molecule has 0 saturated heterocycles. The van der Waals surface area contributed by atoms with E-state index in [1.54, 1.807) is 11.9 Å². The molecule has 0 aliphatic heterocycles. The van der Waals surface area contributed by atoms with Gasteiger partial charge < -0.3 is 20.1 Å². The Balaban J connectivity index is 1.21. The predicted molar refractivity (Wildman–Crippen MR) is 131 cm³/mol. The number of carbonyl (C=O) groups excluding carboxylic acids is 2. The number of nitrogens with zero attached hydrogens (tertiary/aromatic N) is 1. The highest BCUT2D eigenvalue weighted by Gasteiger charge is 2.46. The number of fused-ring (bicyclic) bond motifs is 4. The Hall–Kier alpha value is -3.35. The summed E-state index contributed by atoms with van der Waals surface area (Å²) in [6.45, 7) is 0.780. The second kappa shape index (κ2) is 9.72. The SMILES string of the molecule is CN(CC1CC2CC2C1)C(=O)C(CCC(=O)O)NC(=O)OCC1c2ccccc2-c2ccccc21. The summed E-state index contributed by atoms with van der Waals surface area (Å²) in [6, 6.07) is 15.2. The summed E-state index contributed by atoms with van der Waals surface area (Å²) in [4.78, 5) is 38.7. The van der Waals surface area contributed by atoms with Gasteiger partial charge in [0.05, 0.1) is 0 Å². The quantitative estimate of drug-likeness (QED) is 0.564. The summed E-state index contributed by atoms with van der Waals surface area (Å²) < 4.78 is 5.59. The lowest BCUT2D eigenvalue weighted by Crippen LogP contribution is -2.48. The predicted octanol–water partition coefficient (Wildman–Crippen LogP) is 4.26. The van der Waals surface area contributed by atoms with E-state index in [0.29, 0.717) is 12.5 Å². The number of nitrogens with one attached hydrogen (secondary N) is 1. The Bertz CT molecular complexity index is 1080. The fraction of sp³-hybridized carbons (Fsp3) is 0.464. The van der Waals surface area contributed by atoms with E-state index in [4.69, 9.17) is 9.84 Å². The van der Waals surface area contributed by atoms with Crippen molar-refractivity contribution in [3.63, 3.8) is 0 Å². The van der Waals surface area contributed by atoms with Gasteiger partial charge in [-0.2, -0.15) is 0 Å². The molecular weight excluding hydrogens is 444 g/mol. The Kier molecular flexibility index (Phi) is 6.50. The summed E-state index contributed by atoms with van der Waals surface area (Å²) in [5.41, 5.74) is 4.49. The summed E-state index contributed by atoms with van der Waals surface area (Å²) in [5, 5.41) is 11.8. The summed E-state index contributed by atoms with van der Waals surface area (Å²) in [5.74, 6) is 0.784. The van der Waals surface area contributed by atoms with E-state index in [-0.39, 0.29) is 31.3 Å². The smallest absolute Gasteiger partial charge is 0.407 e. The van der Waals surface area contributed by atoms with Crippen molar-refractivity contribution in [2.75, 3.05) is 20.2 Å². The number of amides is 2. The molecule has 0 heterocycles. The van der Waals surface area contributed by atoms with Crippen molar-refractivity contribution in [2.45, 2.75) is 44.1 Å². The fourth-order valence-electron chi connectivity index (χ4n) is 6.04.